The van der Waals surface area contributed by atoms with E-state index in [0.29, 0.717) is 22.9 Å². The highest BCUT2D eigenvalue weighted by Gasteiger charge is 2.23. The van der Waals surface area contributed by atoms with E-state index in [9.17, 15) is 4.79 Å². The maximum Gasteiger partial charge on any atom is 0.227 e. The third-order valence-corrected chi connectivity index (χ3v) is 7.78. The van der Waals surface area contributed by atoms with Gasteiger partial charge in [-0.3, -0.25) is 19.9 Å². The SMILES string of the molecule is O=C(Nc1cncc(-c2cc3c(-c4nc5nccc(-c6cccs6)c5[nH]4)n[nH]c3cn2)c1)C1CCCC1. The van der Waals surface area contributed by atoms with Crippen molar-refractivity contribution in [3.8, 4) is 33.2 Å². The van der Waals surface area contributed by atoms with Crippen molar-refractivity contribution in [1.82, 2.24) is 35.1 Å². The highest BCUT2D eigenvalue weighted by molar-refractivity contribution is 7.13. The number of fused-ring (bicyclic) bond motifs is 2. The van der Waals surface area contributed by atoms with Crippen LogP contribution in [0.3, 0.4) is 0 Å². The molecular formula is C27H22N8OS. The van der Waals surface area contributed by atoms with Crippen molar-refractivity contribution >= 4 is 45.0 Å². The van der Waals surface area contributed by atoms with Crippen LogP contribution in [0.2, 0.25) is 0 Å². The van der Waals surface area contributed by atoms with Gasteiger partial charge in [0.2, 0.25) is 5.91 Å². The van der Waals surface area contributed by atoms with Crippen molar-refractivity contribution in [2.24, 2.45) is 5.92 Å². The van der Waals surface area contributed by atoms with Gasteiger partial charge in [0.05, 0.1) is 34.8 Å². The standard InChI is InChI=1S/C27H22N8OS/c36-27(15-4-1-2-5-15)31-17-10-16(12-28-13-17)20-11-19-21(14-30-20)34-35-24(19)26-32-23-18(22-6-3-9-37-22)7-8-29-25(23)33-26/h3,6-15H,1-2,4-5H2,(H,31,36)(H,34,35)(H,29,32,33). The number of nitrogens with one attached hydrogen (secondary N) is 3. The molecule has 0 aliphatic heterocycles. The molecule has 1 saturated carbocycles. The van der Waals surface area contributed by atoms with E-state index in [1.165, 1.54) is 0 Å². The van der Waals surface area contributed by atoms with E-state index in [4.69, 9.17) is 4.98 Å². The minimum Gasteiger partial charge on any atom is -0.335 e. The Morgan fingerprint density at radius 3 is 2.86 bits per heavy atom. The number of carbonyl (C=O) groups is 1. The third kappa shape index (κ3) is 3.95. The molecule has 6 aromatic heterocycles. The van der Waals surface area contributed by atoms with Crippen molar-refractivity contribution < 1.29 is 4.79 Å². The van der Waals surface area contributed by atoms with Gasteiger partial charge in [-0.1, -0.05) is 18.9 Å². The van der Waals surface area contributed by atoms with Crippen LogP contribution in [0, 0.1) is 5.92 Å². The number of H-pyrrole nitrogens is 2. The first kappa shape index (κ1) is 21.8. The molecule has 0 atom stereocenters. The van der Waals surface area contributed by atoms with E-state index in [1.54, 1.807) is 36.1 Å². The zero-order valence-electron chi connectivity index (χ0n) is 19.7. The van der Waals surface area contributed by atoms with Crippen molar-refractivity contribution in [1.29, 1.82) is 0 Å². The predicted octanol–water partition coefficient (Wildman–Crippen LogP) is 5.82. The van der Waals surface area contributed by atoms with Gasteiger partial charge >= 0.3 is 0 Å². The van der Waals surface area contributed by atoms with Crippen LogP contribution in [0.4, 0.5) is 5.69 Å². The normalized spacial score (nSPS) is 14.1. The summed E-state index contributed by atoms with van der Waals surface area (Å²) in [5.74, 6) is 0.785. The summed E-state index contributed by atoms with van der Waals surface area (Å²) in [6.07, 6.45) is 11.1. The molecule has 0 bridgehead atoms. The number of amides is 1. The van der Waals surface area contributed by atoms with Gasteiger partial charge in [0, 0.05) is 39.7 Å². The molecule has 182 valence electrons. The first-order valence-corrected chi connectivity index (χ1v) is 13.1. The number of rotatable bonds is 5. The average molecular weight is 507 g/mol. The summed E-state index contributed by atoms with van der Waals surface area (Å²) in [7, 11) is 0. The molecule has 1 fully saturated rings. The van der Waals surface area contributed by atoms with Crippen LogP contribution in [0.25, 0.3) is 55.3 Å². The Labute approximate surface area is 215 Å². The molecule has 0 radical (unpaired) electrons. The Morgan fingerprint density at radius 2 is 2.00 bits per heavy atom. The summed E-state index contributed by atoms with van der Waals surface area (Å²) in [5.41, 5.74) is 6.27. The zero-order chi connectivity index (χ0) is 24.8. The second-order valence-corrected chi connectivity index (χ2v) is 10.2. The Bertz CT molecular complexity index is 1750. The summed E-state index contributed by atoms with van der Waals surface area (Å²) in [5, 5.41) is 13.5. The van der Waals surface area contributed by atoms with Crippen LogP contribution in [0.15, 0.2) is 60.5 Å². The molecule has 6 heterocycles. The van der Waals surface area contributed by atoms with Crippen molar-refractivity contribution in [3.63, 3.8) is 0 Å². The van der Waals surface area contributed by atoms with Gasteiger partial charge < -0.3 is 10.3 Å². The molecule has 10 heteroatoms. The maximum absolute atomic E-state index is 12.6. The van der Waals surface area contributed by atoms with E-state index in [1.807, 2.05) is 24.3 Å². The first-order chi connectivity index (χ1) is 18.2. The number of imidazole rings is 1. The van der Waals surface area contributed by atoms with Crippen LogP contribution in [0.1, 0.15) is 25.7 Å². The number of hydrogen-bond donors (Lipinski definition) is 3. The molecule has 0 unspecified atom stereocenters. The second-order valence-electron chi connectivity index (χ2n) is 9.24. The fourth-order valence-corrected chi connectivity index (χ4v) is 5.75. The lowest BCUT2D eigenvalue weighted by atomic mass is 10.1. The molecular weight excluding hydrogens is 484 g/mol. The quantitative estimate of drug-likeness (QED) is 0.271. The number of carbonyl (C=O) groups excluding carboxylic acids is 1. The number of pyridine rings is 3. The molecule has 9 nitrogen and oxygen atoms in total. The molecule has 3 N–H and O–H groups in total. The van der Waals surface area contributed by atoms with Crippen molar-refractivity contribution in [2.45, 2.75) is 25.7 Å². The topological polar surface area (TPSA) is 125 Å². The van der Waals surface area contributed by atoms with Crippen molar-refractivity contribution in [3.05, 3.63) is 60.5 Å². The molecule has 0 saturated heterocycles. The second kappa shape index (κ2) is 8.90. The predicted molar refractivity (Wildman–Crippen MR) is 144 cm³/mol. The third-order valence-electron chi connectivity index (χ3n) is 6.88. The van der Waals surface area contributed by atoms with Crippen LogP contribution in [0.5, 0.6) is 0 Å². The van der Waals surface area contributed by atoms with Crippen LogP contribution >= 0.6 is 11.3 Å². The van der Waals surface area contributed by atoms with Gasteiger partial charge in [-0.15, -0.1) is 11.3 Å². The minimum atomic E-state index is 0.0670. The fraction of sp³-hybridized carbons (Fsp3) is 0.185. The Kier molecular flexibility index (Phi) is 5.24. The molecule has 0 spiro atoms. The largest absolute Gasteiger partial charge is 0.335 e. The highest BCUT2D eigenvalue weighted by Crippen LogP contribution is 2.33. The first-order valence-electron chi connectivity index (χ1n) is 12.2. The van der Waals surface area contributed by atoms with Crippen LogP contribution in [-0.4, -0.2) is 41.0 Å². The van der Waals surface area contributed by atoms with E-state index in [0.717, 1.165) is 63.8 Å². The molecule has 1 aliphatic rings. The monoisotopic (exact) mass is 506 g/mol. The number of aromatic nitrogens is 7. The summed E-state index contributed by atoms with van der Waals surface area (Å²) >= 11 is 1.67. The van der Waals surface area contributed by atoms with E-state index in [2.05, 4.69) is 46.9 Å². The Balaban J connectivity index is 1.25. The minimum absolute atomic E-state index is 0.0670. The molecule has 1 amide bonds. The number of nitrogens with zero attached hydrogens (tertiary/aromatic N) is 5. The summed E-state index contributed by atoms with van der Waals surface area (Å²) in [4.78, 5) is 35.3. The molecule has 37 heavy (non-hydrogen) atoms. The van der Waals surface area contributed by atoms with Crippen molar-refractivity contribution in [2.75, 3.05) is 5.32 Å². The molecule has 7 rings (SSSR count). The lowest BCUT2D eigenvalue weighted by Crippen LogP contribution is -2.20. The van der Waals surface area contributed by atoms with Crippen LogP contribution in [-0.2, 0) is 4.79 Å². The van der Waals surface area contributed by atoms with Gasteiger partial charge in [0.25, 0.3) is 0 Å². The van der Waals surface area contributed by atoms with Gasteiger partial charge in [0.15, 0.2) is 11.5 Å². The lowest BCUT2D eigenvalue weighted by molar-refractivity contribution is -0.119. The summed E-state index contributed by atoms with van der Waals surface area (Å²) in [6.45, 7) is 0. The maximum atomic E-state index is 12.6. The average Bonchev–Trinajstić information content (AvgIpc) is 3.74. The summed E-state index contributed by atoms with van der Waals surface area (Å²) < 4.78 is 0. The number of anilines is 1. The lowest BCUT2D eigenvalue weighted by Gasteiger charge is -2.11. The molecule has 0 aromatic carbocycles. The van der Waals surface area contributed by atoms with Gasteiger partial charge in [-0.05, 0) is 42.5 Å². The molecule has 1 aliphatic carbocycles. The zero-order valence-corrected chi connectivity index (χ0v) is 20.5. The number of hydrogen-bond acceptors (Lipinski definition) is 7. The fourth-order valence-electron chi connectivity index (χ4n) is 5.00. The van der Waals surface area contributed by atoms with E-state index in [-0.39, 0.29) is 11.8 Å². The van der Waals surface area contributed by atoms with E-state index < -0.39 is 0 Å². The Morgan fingerprint density at radius 1 is 1.08 bits per heavy atom. The molecule has 6 aromatic rings. The highest BCUT2D eigenvalue weighted by atomic mass is 32.1. The van der Waals surface area contributed by atoms with Gasteiger partial charge in [-0.25, -0.2) is 9.97 Å². The van der Waals surface area contributed by atoms with E-state index >= 15 is 0 Å². The van der Waals surface area contributed by atoms with Crippen LogP contribution < -0.4 is 5.32 Å². The van der Waals surface area contributed by atoms with Gasteiger partial charge in [-0.2, -0.15) is 5.10 Å². The van der Waals surface area contributed by atoms with Gasteiger partial charge in [0.1, 0.15) is 5.69 Å². The summed E-state index contributed by atoms with van der Waals surface area (Å²) in [6, 6.07) is 9.98. The smallest absolute Gasteiger partial charge is 0.227 e. The number of thiophene rings is 1. The number of aromatic amines is 2. The Hall–Kier alpha value is -4.44.